The molecule has 2 aromatic rings. The summed E-state index contributed by atoms with van der Waals surface area (Å²) in [6.07, 6.45) is 10.7. The highest BCUT2D eigenvalue weighted by atomic mass is 16.5. The van der Waals surface area contributed by atoms with Crippen LogP contribution in [0.1, 0.15) is 24.8 Å². The number of hydrogen-bond acceptors (Lipinski definition) is 1. The summed E-state index contributed by atoms with van der Waals surface area (Å²) in [7, 11) is 1.72. The first-order valence-electron chi connectivity index (χ1n) is 6.31. The van der Waals surface area contributed by atoms with E-state index in [0.717, 1.165) is 31.4 Å². The highest BCUT2D eigenvalue weighted by molar-refractivity contribution is 5.87. The van der Waals surface area contributed by atoms with Crippen LogP contribution < -0.4 is 4.74 Å². The topological polar surface area (TPSA) is 9.23 Å². The van der Waals surface area contributed by atoms with Gasteiger partial charge in [-0.1, -0.05) is 36.3 Å². The summed E-state index contributed by atoms with van der Waals surface area (Å²) in [4.78, 5) is 0. The van der Waals surface area contributed by atoms with E-state index in [1.807, 2.05) is 6.07 Å². The minimum Gasteiger partial charge on any atom is -0.496 e. The zero-order valence-electron chi connectivity index (χ0n) is 10.7. The maximum atomic E-state index is 6.92. The standard InChI is InChI=1S/C17H17O/c1-3-4-5-6-11-16-15-10-8-7-9-14(15)12-13-17(16)18-2/h7-10,12-13H,4-6,11H2,2H3. The lowest BCUT2D eigenvalue weighted by Crippen LogP contribution is -1.94. The Morgan fingerprint density at radius 2 is 1.94 bits per heavy atom. The molecule has 0 spiro atoms. The third-order valence-electron chi connectivity index (χ3n) is 3.20. The number of rotatable bonds is 5. The number of benzene rings is 2. The average Bonchev–Trinajstić information content (AvgIpc) is 2.43. The van der Waals surface area contributed by atoms with E-state index in [4.69, 9.17) is 11.2 Å². The van der Waals surface area contributed by atoms with E-state index in [9.17, 15) is 0 Å². The quantitative estimate of drug-likeness (QED) is 0.560. The largest absolute Gasteiger partial charge is 0.496 e. The first kappa shape index (κ1) is 12.5. The van der Waals surface area contributed by atoms with Gasteiger partial charge in [0.2, 0.25) is 0 Å². The molecular formula is C17H17O. The molecule has 0 heterocycles. The van der Waals surface area contributed by atoms with Crippen molar-refractivity contribution in [3.8, 4) is 11.7 Å². The van der Waals surface area contributed by atoms with Crippen LogP contribution in [0, 0.1) is 12.3 Å². The lowest BCUT2D eigenvalue weighted by atomic mass is 9.98. The third-order valence-corrected chi connectivity index (χ3v) is 3.20. The summed E-state index contributed by atoms with van der Waals surface area (Å²) in [5, 5.41) is 2.53. The number of hydrogen-bond donors (Lipinski definition) is 0. The highest BCUT2D eigenvalue weighted by Crippen LogP contribution is 2.29. The number of aryl methyl sites for hydroxylation is 1. The van der Waals surface area contributed by atoms with Crippen LogP contribution in [0.5, 0.6) is 5.75 Å². The molecule has 1 heteroatoms. The van der Waals surface area contributed by atoms with Crippen molar-refractivity contribution in [2.75, 3.05) is 7.11 Å². The first-order valence-corrected chi connectivity index (χ1v) is 6.31. The van der Waals surface area contributed by atoms with Crippen molar-refractivity contribution < 1.29 is 4.74 Å². The van der Waals surface area contributed by atoms with Gasteiger partial charge in [-0.2, -0.15) is 0 Å². The molecule has 0 N–H and O–H groups in total. The molecule has 1 nitrogen and oxygen atoms in total. The fourth-order valence-electron chi connectivity index (χ4n) is 2.28. The molecule has 0 bridgehead atoms. The molecule has 2 aromatic carbocycles. The molecular weight excluding hydrogens is 220 g/mol. The van der Waals surface area contributed by atoms with Gasteiger partial charge in [-0.25, -0.2) is 0 Å². The molecule has 0 saturated carbocycles. The van der Waals surface area contributed by atoms with Crippen LogP contribution in [0.25, 0.3) is 10.8 Å². The van der Waals surface area contributed by atoms with Gasteiger partial charge in [-0.05, 0) is 42.5 Å². The molecule has 0 aliphatic rings. The zero-order valence-corrected chi connectivity index (χ0v) is 10.7. The second-order valence-electron chi connectivity index (χ2n) is 4.35. The minimum atomic E-state index is 0.743. The number of ether oxygens (including phenoxy) is 1. The number of methoxy groups -OCH3 is 1. The second kappa shape index (κ2) is 6.12. The summed E-state index contributed by atoms with van der Waals surface area (Å²) in [6.45, 7) is 0. The monoisotopic (exact) mass is 237 g/mol. The number of fused-ring (bicyclic) bond motifs is 1. The van der Waals surface area contributed by atoms with Crippen molar-refractivity contribution >= 4 is 10.8 Å². The second-order valence-corrected chi connectivity index (χ2v) is 4.35. The Kier molecular flexibility index (Phi) is 4.25. The molecule has 1 radical (unpaired) electrons. The van der Waals surface area contributed by atoms with Gasteiger partial charge in [-0.3, -0.25) is 0 Å². The predicted molar refractivity (Wildman–Crippen MR) is 75.2 cm³/mol. The van der Waals surface area contributed by atoms with Crippen molar-refractivity contribution in [3.05, 3.63) is 48.4 Å². The maximum absolute atomic E-state index is 6.92. The van der Waals surface area contributed by atoms with Crippen LogP contribution in [0.15, 0.2) is 36.4 Å². The van der Waals surface area contributed by atoms with E-state index < -0.39 is 0 Å². The van der Waals surface area contributed by atoms with Crippen molar-refractivity contribution in [1.29, 1.82) is 0 Å². The van der Waals surface area contributed by atoms with Gasteiger partial charge < -0.3 is 4.74 Å². The van der Waals surface area contributed by atoms with Crippen LogP contribution >= 0.6 is 0 Å². The van der Waals surface area contributed by atoms with E-state index in [-0.39, 0.29) is 0 Å². The highest BCUT2D eigenvalue weighted by Gasteiger charge is 2.07. The first-order chi connectivity index (χ1) is 8.86. The Morgan fingerprint density at radius 1 is 1.11 bits per heavy atom. The van der Waals surface area contributed by atoms with Crippen molar-refractivity contribution in [3.63, 3.8) is 0 Å². The lowest BCUT2D eigenvalue weighted by Gasteiger charge is -2.11. The van der Waals surface area contributed by atoms with Crippen molar-refractivity contribution in [2.45, 2.75) is 25.7 Å². The zero-order chi connectivity index (χ0) is 12.8. The lowest BCUT2D eigenvalue weighted by molar-refractivity contribution is 0.410. The smallest absolute Gasteiger partial charge is 0.122 e. The van der Waals surface area contributed by atoms with Gasteiger partial charge in [0.1, 0.15) is 5.75 Å². The molecule has 0 aliphatic carbocycles. The van der Waals surface area contributed by atoms with Crippen LogP contribution in [0.3, 0.4) is 0 Å². The Balaban J connectivity index is 2.30. The third kappa shape index (κ3) is 2.65. The van der Waals surface area contributed by atoms with E-state index in [0.29, 0.717) is 0 Å². The van der Waals surface area contributed by atoms with Gasteiger partial charge in [-0.15, -0.1) is 0 Å². The number of unbranched alkanes of at least 4 members (excludes halogenated alkanes) is 2. The SMILES string of the molecule is [C]#CCCCCc1c(OC)ccc2ccccc12. The molecule has 0 atom stereocenters. The Labute approximate surface area is 109 Å². The molecule has 0 aromatic heterocycles. The Hall–Kier alpha value is -1.94. The Morgan fingerprint density at radius 3 is 2.72 bits per heavy atom. The molecule has 91 valence electrons. The molecule has 0 unspecified atom stereocenters. The van der Waals surface area contributed by atoms with Crippen LogP contribution in [-0.4, -0.2) is 7.11 Å². The van der Waals surface area contributed by atoms with E-state index in [1.165, 1.54) is 16.3 Å². The average molecular weight is 237 g/mol. The van der Waals surface area contributed by atoms with Crippen LogP contribution in [0.2, 0.25) is 0 Å². The minimum absolute atomic E-state index is 0.743. The summed E-state index contributed by atoms with van der Waals surface area (Å²) >= 11 is 0. The van der Waals surface area contributed by atoms with E-state index in [2.05, 4.69) is 36.3 Å². The maximum Gasteiger partial charge on any atom is 0.122 e. The summed E-state index contributed by atoms with van der Waals surface area (Å²) < 4.78 is 5.46. The van der Waals surface area contributed by atoms with Crippen LogP contribution in [0.4, 0.5) is 0 Å². The van der Waals surface area contributed by atoms with Gasteiger partial charge >= 0.3 is 0 Å². The summed E-state index contributed by atoms with van der Waals surface area (Å²) in [5.41, 5.74) is 1.28. The van der Waals surface area contributed by atoms with Crippen LogP contribution in [-0.2, 0) is 6.42 Å². The van der Waals surface area contributed by atoms with Gasteiger partial charge in [0, 0.05) is 12.0 Å². The van der Waals surface area contributed by atoms with Gasteiger partial charge in [0.25, 0.3) is 0 Å². The fraction of sp³-hybridized carbons (Fsp3) is 0.294. The summed E-state index contributed by atoms with van der Waals surface area (Å²) in [5.74, 6) is 3.40. The molecule has 0 saturated heterocycles. The molecule has 0 aliphatic heterocycles. The van der Waals surface area contributed by atoms with Crippen molar-refractivity contribution in [2.24, 2.45) is 0 Å². The normalized spacial score (nSPS) is 10.2. The fourth-order valence-corrected chi connectivity index (χ4v) is 2.28. The predicted octanol–water partition coefficient (Wildman–Crippen LogP) is 4.15. The Bertz CT molecular complexity index is 563. The summed E-state index contributed by atoms with van der Waals surface area (Å²) in [6, 6.07) is 12.5. The molecule has 18 heavy (non-hydrogen) atoms. The van der Waals surface area contributed by atoms with Gasteiger partial charge in [0.15, 0.2) is 0 Å². The van der Waals surface area contributed by atoms with Crippen molar-refractivity contribution in [1.82, 2.24) is 0 Å². The molecule has 0 fully saturated rings. The molecule has 0 amide bonds. The van der Waals surface area contributed by atoms with E-state index >= 15 is 0 Å². The van der Waals surface area contributed by atoms with E-state index in [1.54, 1.807) is 7.11 Å². The molecule has 2 rings (SSSR count). The van der Waals surface area contributed by atoms with Gasteiger partial charge in [0.05, 0.1) is 7.11 Å².